The van der Waals surface area contributed by atoms with Crippen LogP contribution < -0.4 is 0 Å². The molecule has 6 heteroatoms. The molecule has 0 aliphatic carbocycles. The zero-order valence-electron chi connectivity index (χ0n) is 12.4. The van der Waals surface area contributed by atoms with Crippen molar-refractivity contribution in [1.29, 1.82) is 0 Å². The van der Waals surface area contributed by atoms with Gasteiger partial charge in [-0.05, 0) is 24.3 Å². The van der Waals surface area contributed by atoms with Crippen molar-refractivity contribution in [1.82, 2.24) is 3.97 Å². The Morgan fingerprint density at radius 2 is 1.83 bits per heavy atom. The van der Waals surface area contributed by atoms with Crippen LogP contribution in [-0.2, 0) is 10.0 Å². The van der Waals surface area contributed by atoms with Gasteiger partial charge in [-0.3, -0.25) is 4.79 Å². The standard InChI is InChI=1S/C17H14BrNO3S/c1-2-17(20)15-11-19(16-10-12(18)8-9-14(15)16)23(21,22)13-6-4-3-5-7-13/h3-11H,2H2,1H3. The third-order valence-electron chi connectivity index (χ3n) is 3.66. The smallest absolute Gasteiger partial charge is 0.268 e. The number of carbonyl (C=O) groups excluding carboxylic acids is 1. The SMILES string of the molecule is CCC(=O)c1cn(S(=O)(=O)c2ccccc2)c2cc(Br)ccc12. The molecule has 0 radical (unpaired) electrons. The highest BCUT2D eigenvalue weighted by Crippen LogP contribution is 2.29. The van der Waals surface area contributed by atoms with Gasteiger partial charge in [-0.15, -0.1) is 0 Å². The maximum Gasteiger partial charge on any atom is 0.268 e. The number of benzene rings is 2. The molecule has 0 atom stereocenters. The normalized spacial score (nSPS) is 11.7. The highest BCUT2D eigenvalue weighted by molar-refractivity contribution is 9.10. The lowest BCUT2D eigenvalue weighted by molar-refractivity contribution is 0.0989. The molecule has 23 heavy (non-hydrogen) atoms. The first-order chi connectivity index (χ1) is 10.9. The van der Waals surface area contributed by atoms with Crippen molar-refractivity contribution >= 4 is 42.6 Å². The molecular weight excluding hydrogens is 378 g/mol. The fraction of sp³-hybridized carbons (Fsp3) is 0.118. The summed E-state index contributed by atoms with van der Waals surface area (Å²) in [5.41, 5.74) is 0.912. The van der Waals surface area contributed by atoms with Crippen molar-refractivity contribution in [3.63, 3.8) is 0 Å². The highest BCUT2D eigenvalue weighted by atomic mass is 79.9. The summed E-state index contributed by atoms with van der Waals surface area (Å²) in [6.07, 6.45) is 1.74. The Kier molecular flexibility index (Phi) is 4.12. The number of fused-ring (bicyclic) bond motifs is 1. The van der Waals surface area contributed by atoms with Gasteiger partial charge >= 0.3 is 0 Å². The van der Waals surface area contributed by atoms with E-state index in [0.717, 1.165) is 4.47 Å². The molecule has 1 heterocycles. The average molecular weight is 392 g/mol. The molecule has 0 bridgehead atoms. The molecule has 0 fully saturated rings. The number of halogens is 1. The van der Waals surface area contributed by atoms with Crippen LogP contribution in [-0.4, -0.2) is 18.2 Å². The fourth-order valence-electron chi connectivity index (χ4n) is 2.49. The Bertz CT molecular complexity index is 991. The number of rotatable bonds is 4. The monoisotopic (exact) mass is 391 g/mol. The van der Waals surface area contributed by atoms with Gasteiger partial charge in [-0.1, -0.05) is 47.1 Å². The Labute approximate surface area is 142 Å². The van der Waals surface area contributed by atoms with E-state index in [1.54, 1.807) is 55.5 Å². The van der Waals surface area contributed by atoms with Crippen LogP contribution in [0.5, 0.6) is 0 Å². The van der Waals surface area contributed by atoms with Gasteiger partial charge in [0.25, 0.3) is 10.0 Å². The van der Waals surface area contributed by atoms with Crippen LogP contribution in [0.15, 0.2) is 64.1 Å². The van der Waals surface area contributed by atoms with Gasteiger partial charge in [-0.2, -0.15) is 0 Å². The lowest BCUT2D eigenvalue weighted by atomic mass is 10.1. The van der Waals surface area contributed by atoms with E-state index in [1.165, 1.54) is 10.2 Å². The molecule has 118 valence electrons. The lowest BCUT2D eigenvalue weighted by Crippen LogP contribution is -2.11. The van der Waals surface area contributed by atoms with Gasteiger partial charge in [0.1, 0.15) is 0 Å². The largest absolute Gasteiger partial charge is 0.294 e. The van der Waals surface area contributed by atoms with E-state index in [9.17, 15) is 13.2 Å². The molecule has 3 rings (SSSR count). The summed E-state index contributed by atoms with van der Waals surface area (Å²) in [5, 5.41) is 0.638. The first-order valence-electron chi connectivity index (χ1n) is 7.09. The Hall–Kier alpha value is -1.92. The first kappa shape index (κ1) is 16.0. The second-order valence-corrected chi connectivity index (χ2v) is 7.83. The summed E-state index contributed by atoms with van der Waals surface area (Å²) >= 11 is 3.36. The van der Waals surface area contributed by atoms with Crippen LogP contribution in [0.2, 0.25) is 0 Å². The van der Waals surface area contributed by atoms with Gasteiger partial charge in [0.05, 0.1) is 10.4 Å². The molecule has 1 aromatic heterocycles. The average Bonchev–Trinajstić information content (AvgIpc) is 2.94. The summed E-state index contributed by atoms with van der Waals surface area (Å²) in [7, 11) is -3.76. The third-order valence-corrected chi connectivity index (χ3v) is 5.84. The summed E-state index contributed by atoms with van der Waals surface area (Å²) in [4.78, 5) is 12.4. The predicted octanol–water partition coefficient (Wildman–Crippen LogP) is 4.23. The molecule has 0 spiro atoms. The van der Waals surface area contributed by atoms with E-state index in [0.29, 0.717) is 22.9 Å². The molecule has 4 nitrogen and oxygen atoms in total. The molecule has 3 aromatic rings. The molecule has 0 amide bonds. The Morgan fingerprint density at radius 3 is 2.48 bits per heavy atom. The van der Waals surface area contributed by atoms with Crippen molar-refractivity contribution in [3.05, 3.63) is 64.8 Å². The second kappa shape index (κ2) is 5.94. The molecule has 0 unspecified atom stereocenters. The second-order valence-electron chi connectivity index (χ2n) is 5.09. The maximum absolute atomic E-state index is 12.9. The lowest BCUT2D eigenvalue weighted by Gasteiger charge is -2.07. The van der Waals surface area contributed by atoms with Gasteiger partial charge in [0.2, 0.25) is 0 Å². The van der Waals surface area contributed by atoms with Crippen molar-refractivity contribution in [2.75, 3.05) is 0 Å². The van der Waals surface area contributed by atoms with E-state index < -0.39 is 10.0 Å². The molecule has 0 N–H and O–H groups in total. The summed E-state index contributed by atoms with van der Waals surface area (Å²) < 4.78 is 27.8. The minimum absolute atomic E-state index is 0.0839. The number of nitrogens with zero attached hydrogens (tertiary/aromatic N) is 1. The van der Waals surface area contributed by atoms with Crippen LogP contribution in [0, 0.1) is 0 Å². The number of carbonyl (C=O) groups is 1. The Morgan fingerprint density at radius 1 is 1.13 bits per heavy atom. The molecule has 0 aliphatic rings. The van der Waals surface area contributed by atoms with Gasteiger partial charge in [-0.25, -0.2) is 12.4 Å². The quantitative estimate of drug-likeness (QED) is 0.625. The van der Waals surface area contributed by atoms with Gasteiger partial charge in [0, 0.05) is 28.0 Å². The molecule has 0 saturated heterocycles. The third kappa shape index (κ3) is 2.72. The molecule has 2 aromatic carbocycles. The van der Waals surface area contributed by atoms with Crippen LogP contribution in [0.3, 0.4) is 0 Å². The van der Waals surface area contributed by atoms with Crippen molar-refractivity contribution < 1.29 is 13.2 Å². The number of aromatic nitrogens is 1. The van der Waals surface area contributed by atoms with Gasteiger partial charge < -0.3 is 0 Å². The zero-order valence-corrected chi connectivity index (χ0v) is 14.8. The van der Waals surface area contributed by atoms with Gasteiger partial charge in [0.15, 0.2) is 5.78 Å². The number of Topliss-reactive ketones (excluding diaryl/α,β-unsaturated/α-hetero) is 1. The first-order valence-corrected chi connectivity index (χ1v) is 9.33. The van der Waals surface area contributed by atoms with Crippen LogP contribution in [0.25, 0.3) is 10.9 Å². The topological polar surface area (TPSA) is 56.1 Å². The van der Waals surface area contributed by atoms with E-state index in [-0.39, 0.29) is 10.7 Å². The van der Waals surface area contributed by atoms with Crippen molar-refractivity contribution in [2.45, 2.75) is 18.2 Å². The van der Waals surface area contributed by atoms with E-state index in [4.69, 9.17) is 0 Å². The number of hydrogen-bond acceptors (Lipinski definition) is 3. The van der Waals surface area contributed by atoms with E-state index in [2.05, 4.69) is 15.9 Å². The van der Waals surface area contributed by atoms with E-state index >= 15 is 0 Å². The maximum atomic E-state index is 12.9. The van der Waals surface area contributed by atoms with Crippen LogP contribution in [0.1, 0.15) is 23.7 Å². The molecule has 0 saturated carbocycles. The van der Waals surface area contributed by atoms with Crippen molar-refractivity contribution in [2.24, 2.45) is 0 Å². The fourth-order valence-corrected chi connectivity index (χ4v) is 4.22. The highest BCUT2D eigenvalue weighted by Gasteiger charge is 2.23. The minimum Gasteiger partial charge on any atom is -0.294 e. The summed E-state index contributed by atoms with van der Waals surface area (Å²) in [6.45, 7) is 1.76. The summed E-state index contributed by atoms with van der Waals surface area (Å²) in [5.74, 6) is -0.0839. The van der Waals surface area contributed by atoms with Crippen LogP contribution in [0.4, 0.5) is 0 Å². The van der Waals surface area contributed by atoms with Crippen LogP contribution >= 0.6 is 15.9 Å². The Balaban J connectivity index is 2.34. The number of ketones is 1. The minimum atomic E-state index is -3.76. The molecule has 0 aliphatic heterocycles. The van der Waals surface area contributed by atoms with E-state index in [1.807, 2.05) is 0 Å². The molecular formula is C17H14BrNO3S. The zero-order chi connectivity index (χ0) is 16.6. The van der Waals surface area contributed by atoms with Crippen molar-refractivity contribution in [3.8, 4) is 0 Å². The predicted molar refractivity (Wildman–Crippen MR) is 93.3 cm³/mol. The summed E-state index contributed by atoms with van der Waals surface area (Å²) in [6, 6.07) is 13.5. The number of hydrogen-bond donors (Lipinski definition) is 0.